The van der Waals surface area contributed by atoms with E-state index in [1.165, 1.54) is 14.0 Å². The van der Waals surface area contributed by atoms with Crippen molar-refractivity contribution >= 4 is 11.9 Å². The van der Waals surface area contributed by atoms with Gasteiger partial charge in [-0.1, -0.05) is 6.92 Å². The first-order valence-electron chi connectivity index (χ1n) is 5.62. The van der Waals surface area contributed by atoms with Crippen molar-refractivity contribution in [3.05, 3.63) is 0 Å². The van der Waals surface area contributed by atoms with Gasteiger partial charge in [0.05, 0.1) is 20.1 Å². The molecule has 0 radical (unpaired) electrons. The molecule has 0 saturated carbocycles. The van der Waals surface area contributed by atoms with E-state index in [4.69, 9.17) is 4.74 Å². The zero-order valence-electron chi connectivity index (χ0n) is 11.4. The maximum absolute atomic E-state index is 11.3. The number of carbonyl (C=O) groups excluding carboxylic acids is 2. The average molecular weight is 245 g/mol. The van der Waals surface area contributed by atoms with Crippen LogP contribution in [0.1, 0.15) is 26.7 Å². The Morgan fingerprint density at radius 1 is 1.29 bits per heavy atom. The van der Waals surface area contributed by atoms with Gasteiger partial charge in [0.25, 0.3) is 0 Å². The highest BCUT2D eigenvalue weighted by atomic mass is 16.5. The van der Waals surface area contributed by atoms with Crippen LogP contribution in [0.5, 0.6) is 0 Å². The van der Waals surface area contributed by atoms with Gasteiger partial charge in [-0.15, -0.1) is 0 Å². The average Bonchev–Trinajstić information content (AvgIpc) is 2.25. The van der Waals surface area contributed by atoms with Crippen molar-refractivity contribution in [2.24, 2.45) is 5.41 Å². The molecule has 0 aromatic rings. The maximum atomic E-state index is 11.3. The van der Waals surface area contributed by atoms with Crippen molar-refractivity contribution in [1.29, 1.82) is 0 Å². The number of nitrogens with zero attached hydrogens (tertiary/aromatic N) is 1. The molecule has 0 bridgehead atoms. The van der Waals surface area contributed by atoms with Crippen LogP contribution in [0.4, 0.5) is 0 Å². The second kappa shape index (κ2) is 7.27. The van der Waals surface area contributed by atoms with Crippen molar-refractivity contribution < 1.29 is 19.1 Å². The first kappa shape index (κ1) is 15.9. The summed E-state index contributed by atoms with van der Waals surface area (Å²) in [6.07, 6.45) is 0.995. The number of esters is 1. The predicted molar refractivity (Wildman–Crippen MR) is 64.5 cm³/mol. The topological polar surface area (TPSA) is 55.8 Å². The van der Waals surface area contributed by atoms with Crippen LogP contribution in [0.25, 0.3) is 0 Å². The Morgan fingerprint density at radius 3 is 2.29 bits per heavy atom. The molecule has 0 fully saturated rings. The van der Waals surface area contributed by atoms with E-state index in [1.807, 2.05) is 6.92 Å². The zero-order chi connectivity index (χ0) is 13.5. The second-order valence-corrected chi connectivity index (χ2v) is 4.69. The molecule has 0 saturated heterocycles. The number of methoxy groups -OCH3 is 2. The van der Waals surface area contributed by atoms with E-state index < -0.39 is 0 Å². The molecule has 1 unspecified atom stereocenters. The summed E-state index contributed by atoms with van der Waals surface area (Å²) in [5.74, 6) is -0.238. The molecule has 5 heteroatoms. The lowest BCUT2D eigenvalue weighted by atomic mass is 9.84. The second-order valence-electron chi connectivity index (χ2n) is 4.69. The molecular formula is C12H23NO4. The Balaban J connectivity index is 4.39. The van der Waals surface area contributed by atoms with Crippen molar-refractivity contribution in [3.63, 3.8) is 0 Å². The van der Waals surface area contributed by atoms with Crippen molar-refractivity contribution in [3.8, 4) is 0 Å². The van der Waals surface area contributed by atoms with Gasteiger partial charge < -0.3 is 14.4 Å². The molecule has 100 valence electrons. The van der Waals surface area contributed by atoms with E-state index in [2.05, 4.69) is 4.74 Å². The summed E-state index contributed by atoms with van der Waals surface area (Å²) >= 11 is 0. The monoisotopic (exact) mass is 245 g/mol. The highest BCUT2D eigenvalue weighted by Gasteiger charge is 2.28. The predicted octanol–water partition coefficient (Wildman–Crippen LogP) is 1.07. The third-order valence-electron chi connectivity index (χ3n) is 2.88. The Hall–Kier alpha value is -1.10. The minimum Gasteiger partial charge on any atom is -0.469 e. The lowest BCUT2D eigenvalue weighted by molar-refractivity contribution is -0.144. The molecule has 0 aliphatic heterocycles. The van der Waals surface area contributed by atoms with Gasteiger partial charge in [0.2, 0.25) is 5.91 Å². The Bertz CT molecular complexity index is 267. The molecule has 1 atom stereocenters. The van der Waals surface area contributed by atoms with E-state index in [9.17, 15) is 9.59 Å². The Morgan fingerprint density at radius 2 is 1.88 bits per heavy atom. The summed E-state index contributed by atoms with van der Waals surface area (Å²) in [4.78, 5) is 24.1. The fourth-order valence-corrected chi connectivity index (χ4v) is 1.58. The number of carbonyl (C=O) groups is 2. The van der Waals surface area contributed by atoms with E-state index in [-0.39, 0.29) is 17.3 Å². The summed E-state index contributed by atoms with van der Waals surface area (Å²) in [6, 6.07) is 0. The van der Waals surface area contributed by atoms with E-state index in [1.54, 1.807) is 19.1 Å². The van der Waals surface area contributed by atoms with Gasteiger partial charge in [0.1, 0.15) is 0 Å². The maximum Gasteiger partial charge on any atom is 0.306 e. The largest absolute Gasteiger partial charge is 0.469 e. The fraction of sp³-hybridized carbons (Fsp3) is 0.833. The van der Waals surface area contributed by atoms with Crippen LogP contribution in [0.15, 0.2) is 0 Å². The molecular weight excluding hydrogens is 222 g/mol. The number of hydrogen-bond acceptors (Lipinski definition) is 4. The summed E-state index contributed by atoms with van der Waals surface area (Å²) in [5, 5.41) is 0. The molecule has 0 aliphatic rings. The Labute approximate surface area is 103 Å². The molecule has 0 N–H and O–H groups in total. The third kappa shape index (κ3) is 6.26. The van der Waals surface area contributed by atoms with Crippen molar-refractivity contribution in [1.82, 2.24) is 4.90 Å². The lowest BCUT2D eigenvalue weighted by Crippen LogP contribution is -2.33. The van der Waals surface area contributed by atoms with Gasteiger partial charge in [-0.2, -0.15) is 0 Å². The number of ether oxygens (including phenoxy) is 2. The summed E-state index contributed by atoms with van der Waals surface area (Å²) in [6.45, 7) is 4.55. The SMILES string of the molecule is COCC(C)(CCN(C)C(C)=O)CC(=O)OC. The number of rotatable bonds is 7. The third-order valence-corrected chi connectivity index (χ3v) is 2.88. The van der Waals surface area contributed by atoms with Gasteiger partial charge in [-0.05, 0) is 6.42 Å². The van der Waals surface area contributed by atoms with E-state index in [0.29, 0.717) is 26.0 Å². The molecule has 0 aromatic heterocycles. The minimum atomic E-state index is -0.300. The summed E-state index contributed by atoms with van der Waals surface area (Å²) < 4.78 is 9.81. The lowest BCUT2D eigenvalue weighted by Gasteiger charge is -2.29. The van der Waals surface area contributed by atoms with E-state index >= 15 is 0 Å². The van der Waals surface area contributed by atoms with Gasteiger partial charge in [0.15, 0.2) is 0 Å². The smallest absolute Gasteiger partial charge is 0.306 e. The summed E-state index contributed by atoms with van der Waals surface area (Å²) in [5.41, 5.74) is -0.300. The van der Waals surface area contributed by atoms with Gasteiger partial charge in [-0.3, -0.25) is 9.59 Å². The molecule has 1 amide bonds. The molecule has 0 aromatic carbocycles. The fourth-order valence-electron chi connectivity index (χ4n) is 1.58. The standard InChI is InChI=1S/C12H23NO4/c1-10(14)13(3)7-6-12(2,9-16-4)8-11(15)17-5/h6-9H2,1-5H3. The quantitative estimate of drug-likeness (QED) is 0.630. The van der Waals surface area contributed by atoms with Crippen LogP contribution in [0.2, 0.25) is 0 Å². The van der Waals surface area contributed by atoms with Crippen LogP contribution in [-0.4, -0.2) is 51.2 Å². The molecule has 5 nitrogen and oxygen atoms in total. The summed E-state index contributed by atoms with van der Waals surface area (Å²) in [7, 11) is 4.72. The normalized spacial score (nSPS) is 13.9. The zero-order valence-corrected chi connectivity index (χ0v) is 11.4. The van der Waals surface area contributed by atoms with Crippen LogP contribution < -0.4 is 0 Å². The van der Waals surface area contributed by atoms with Crippen LogP contribution in [0, 0.1) is 5.41 Å². The molecule has 0 rings (SSSR count). The van der Waals surface area contributed by atoms with Crippen molar-refractivity contribution in [2.45, 2.75) is 26.7 Å². The van der Waals surface area contributed by atoms with Gasteiger partial charge >= 0.3 is 5.97 Å². The number of amides is 1. The van der Waals surface area contributed by atoms with Gasteiger partial charge in [-0.25, -0.2) is 0 Å². The van der Waals surface area contributed by atoms with Crippen molar-refractivity contribution in [2.75, 3.05) is 34.4 Å². The molecule has 0 aliphatic carbocycles. The van der Waals surface area contributed by atoms with Crippen LogP contribution >= 0.6 is 0 Å². The van der Waals surface area contributed by atoms with Crippen LogP contribution in [-0.2, 0) is 19.1 Å². The first-order chi connectivity index (χ1) is 7.84. The molecule has 0 heterocycles. The first-order valence-corrected chi connectivity index (χ1v) is 5.62. The van der Waals surface area contributed by atoms with Gasteiger partial charge in [0, 0.05) is 33.0 Å². The highest BCUT2D eigenvalue weighted by molar-refractivity contribution is 5.72. The molecule has 0 spiro atoms. The van der Waals surface area contributed by atoms with E-state index in [0.717, 1.165) is 0 Å². The Kier molecular flexibility index (Phi) is 6.80. The highest BCUT2D eigenvalue weighted by Crippen LogP contribution is 2.27. The molecule has 17 heavy (non-hydrogen) atoms. The minimum absolute atomic E-state index is 0.0165. The van der Waals surface area contributed by atoms with Crippen LogP contribution in [0.3, 0.4) is 0 Å². The number of hydrogen-bond donors (Lipinski definition) is 0.